The van der Waals surface area contributed by atoms with Gasteiger partial charge in [-0.2, -0.15) is 0 Å². The molecule has 1 amide bonds. The number of rotatable bonds is 3. The molecule has 1 aromatic rings. The fourth-order valence-corrected chi connectivity index (χ4v) is 2.53. The van der Waals surface area contributed by atoms with Gasteiger partial charge in [0.05, 0.1) is 0 Å². The Labute approximate surface area is 118 Å². The highest BCUT2D eigenvalue weighted by molar-refractivity contribution is 6.43. The highest BCUT2D eigenvalue weighted by Crippen LogP contribution is 2.17. The summed E-state index contributed by atoms with van der Waals surface area (Å²) < 4.78 is 0. The quantitative estimate of drug-likeness (QED) is 0.524. The maximum absolute atomic E-state index is 12.0. The number of benzene rings is 1. The second-order valence-corrected chi connectivity index (χ2v) is 5.43. The summed E-state index contributed by atoms with van der Waals surface area (Å²) in [5, 5.41) is 3.41. The standard InChI is InChI=1S/C15H18ClNO2/c16-12-9-7-11(8-10-12)14(18)15(19)17-13-5-3-1-2-4-6-13/h7-10,13H,1-6H2,(H,17,19). The molecule has 0 bridgehead atoms. The molecule has 3 nitrogen and oxygen atoms in total. The molecule has 102 valence electrons. The van der Waals surface area contributed by atoms with Crippen molar-refractivity contribution >= 4 is 23.3 Å². The predicted molar refractivity (Wildman–Crippen MR) is 75.4 cm³/mol. The molecule has 0 radical (unpaired) electrons. The third-order valence-corrected chi connectivity index (χ3v) is 3.76. The number of Topliss-reactive ketones (excluding diaryl/α,β-unsaturated/α-hetero) is 1. The first-order chi connectivity index (χ1) is 9.16. The first-order valence-electron chi connectivity index (χ1n) is 6.77. The zero-order valence-electron chi connectivity index (χ0n) is 10.8. The summed E-state index contributed by atoms with van der Waals surface area (Å²) in [4.78, 5) is 23.9. The van der Waals surface area contributed by atoms with Gasteiger partial charge in [-0.05, 0) is 37.1 Å². The number of carbonyl (C=O) groups excluding carboxylic acids is 2. The molecule has 1 N–H and O–H groups in total. The highest BCUT2D eigenvalue weighted by Gasteiger charge is 2.20. The maximum atomic E-state index is 12.0. The lowest BCUT2D eigenvalue weighted by Crippen LogP contribution is -2.39. The Morgan fingerprint density at radius 1 is 1.00 bits per heavy atom. The van der Waals surface area contributed by atoms with Crippen LogP contribution in [0.25, 0.3) is 0 Å². The summed E-state index contributed by atoms with van der Waals surface area (Å²) in [5.41, 5.74) is 0.385. The van der Waals surface area contributed by atoms with E-state index in [1.165, 1.54) is 12.8 Å². The van der Waals surface area contributed by atoms with Crippen molar-refractivity contribution in [2.75, 3.05) is 0 Å². The van der Waals surface area contributed by atoms with Crippen LogP contribution in [0.15, 0.2) is 24.3 Å². The van der Waals surface area contributed by atoms with Gasteiger partial charge in [-0.1, -0.05) is 37.3 Å². The van der Waals surface area contributed by atoms with Gasteiger partial charge in [0.1, 0.15) is 0 Å². The number of hydrogen-bond donors (Lipinski definition) is 1. The summed E-state index contributed by atoms with van der Waals surface area (Å²) in [5.74, 6) is -0.991. The van der Waals surface area contributed by atoms with E-state index >= 15 is 0 Å². The van der Waals surface area contributed by atoms with Crippen molar-refractivity contribution < 1.29 is 9.59 Å². The molecule has 2 rings (SSSR count). The second-order valence-electron chi connectivity index (χ2n) is 5.00. The van der Waals surface area contributed by atoms with E-state index in [9.17, 15) is 9.59 Å². The van der Waals surface area contributed by atoms with Gasteiger partial charge in [0, 0.05) is 16.6 Å². The van der Waals surface area contributed by atoms with Crippen LogP contribution in [0.2, 0.25) is 5.02 Å². The summed E-state index contributed by atoms with van der Waals surface area (Å²) in [6.07, 6.45) is 6.63. The van der Waals surface area contributed by atoms with Gasteiger partial charge in [0.25, 0.3) is 5.91 Å². The summed E-state index contributed by atoms with van der Waals surface area (Å²) in [6.45, 7) is 0. The number of carbonyl (C=O) groups is 2. The second kappa shape index (κ2) is 6.71. The first kappa shape index (κ1) is 14.1. The Kier molecular flexibility index (Phi) is 4.97. The molecule has 0 heterocycles. The van der Waals surface area contributed by atoms with E-state index in [1.807, 2.05) is 0 Å². The number of halogens is 1. The molecule has 0 aromatic heterocycles. The van der Waals surface area contributed by atoms with E-state index in [4.69, 9.17) is 11.6 Å². The minimum atomic E-state index is -0.505. The minimum absolute atomic E-state index is 0.145. The molecule has 1 fully saturated rings. The number of ketones is 1. The third-order valence-electron chi connectivity index (χ3n) is 3.50. The zero-order valence-corrected chi connectivity index (χ0v) is 11.6. The largest absolute Gasteiger partial charge is 0.346 e. The van der Waals surface area contributed by atoms with E-state index < -0.39 is 11.7 Å². The summed E-state index contributed by atoms with van der Waals surface area (Å²) in [7, 11) is 0. The molecule has 1 aromatic carbocycles. The van der Waals surface area contributed by atoms with Gasteiger partial charge in [-0.25, -0.2) is 0 Å². The molecule has 0 atom stereocenters. The van der Waals surface area contributed by atoms with Crippen molar-refractivity contribution in [2.24, 2.45) is 0 Å². The fourth-order valence-electron chi connectivity index (χ4n) is 2.41. The Morgan fingerprint density at radius 2 is 1.58 bits per heavy atom. The Balaban J connectivity index is 1.95. The average molecular weight is 280 g/mol. The van der Waals surface area contributed by atoms with E-state index in [1.54, 1.807) is 24.3 Å². The molecule has 19 heavy (non-hydrogen) atoms. The fraction of sp³-hybridized carbons (Fsp3) is 0.467. The molecule has 0 spiro atoms. The average Bonchev–Trinajstić information content (AvgIpc) is 2.67. The van der Waals surface area contributed by atoms with Gasteiger partial charge in [-0.3, -0.25) is 9.59 Å². The smallest absolute Gasteiger partial charge is 0.292 e. The first-order valence-corrected chi connectivity index (χ1v) is 7.15. The SMILES string of the molecule is O=C(NC1CCCCCC1)C(=O)c1ccc(Cl)cc1. The van der Waals surface area contributed by atoms with E-state index in [2.05, 4.69) is 5.32 Å². The van der Waals surface area contributed by atoms with Crippen molar-refractivity contribution in [2.45, 2.75) is 44.6 Å². The van der Waals surface area contributed by atoms with Crippen LogP contribution in [0.4, 0.5) is 0 Å². The predicted octanol–water partition coefficient (Wildman–Crippen LogP) is 3.36. The topological polar surface area (TPSA) is 46.2 Å². The summed E-state index contributed by atoms with van der Waals surface area (Å²) in [6, 6.07) is 6.54. The van der Waals surface area contributed by atoms with Gasteiger partial charge in [0.2, 0.25) is 5.78 Å². The van der Waals surface area contributed by atoms with Crippen molar-refractivity contribution in [1.82, 2.24) is 5.32 Å². The molecular weight excluding hydrogens is 262 g/mol. The van der Waals surface area contributed by atoms with Crippen molar-refractivity contribution in [1.29, 1.82) is 0 Å². The van der Waals surface area contributed by atoms with Crippen LogP contribution in [0, 0.1) is 0 Å². The molecule has 0 saturated heterocycles. The van der Waals surface area contributed by atoms with E-state index in [0.717, 1.165) is 25.7 Å². The Bertz CT molecular complexity index is 448. The highest BCUT2D eigenvalue weighted by atomic mass is 35.5. The van der Waals surface area contributed by atoms with Crippen LogP contribution >= 0.6 is 11.6 Å². The monoisotopic (exact) mass is 279 g/mol. The van der Waals surface area contributed by atoms with Crippen molar-refractivity contribution in [3.63, 3.8) is 0 Å². The normalized spacial score (nSPS) is 16.7. The molecule has 1 aliphatic carbocycles. The lowest BCUT2D eigenvalue weighted by Gasteiger charge is -2.15. The van der Waals surface area contributed by atoms with Crippen molar-refractivity contribution in [3.8, 4) is 0 Å². The van der Waals surface area contributed by atoms with Gasteiger partial charge in [-0.15, -0.1) is 0 Å². The minimum Gasteiger partial charge on any atom is -0.346 e. The Morgan fingerprint density at radius 3 is 2.16 bits per heavy atom. The maximum Gasteiger partial charge on any atom is 0.292 e. The van der Waals surface area contributed by atoms with Crippen molar-refractivity contribution in [3.05, 3.63) is 34.9 Å². The zero-order chi connectivity index (χ0) is 13.7. The molecule has 0 aliphatic heterocycles. The summed E-state index contributed by atoms with van der Waals surface area (Å²) >= 11 is 5.76. The van der Waals surface area contributed by atoms with Crippen LogP contribution < -0.4 is 5.32 Å². The lowest BCUT2D eigenvalue weighted by atomic mass is 10.1. The molecule has 4 heteroatoms. The molecule has 0 unspecified atom stereocenters. The van der Waals surface area contributed by atoms with Crippen LogP contribution in [-0.4, -0.2) is 17.7 Å². The molecular formula is C15H18ClNO2. The van der Waals surface area contributed by atoms with Crippen LogP contribution in [0.1, 0.15) is 48.9 Å². The number of amides is 1. The van der Waals surface area contributed by atoms with Gasteiger partial charge in [0.15, 0.2) is 0 Å². The van der Waals surface area contributed by atoms with Gasteiger partial charge >= 0.3 is 0 Å². The Hall–Kier alpha value is -1.35. The number of hydrogen-bond acceptors (Lipinski definition) is 2. The number of nitrogens with one attached hydrogen (secondary N) is 1. The van der Waals surface area contributed by atoms with Crippen LogP contribution in [-0.2, 0) is 4.79 Å². The third kappa shape index (κ3) is 4.06. The lowest BCUT2D eigenvalue weighted by molar-refractivity contribution is -0.117. The molecule has 1 aliphatic rings. The van der Waals surface area contributed by atoms with E-state index in [0.29, 0.717) is 10.6 Å². The van der Waals surface area contributed by atoms with Crippen LogP contribution in [0.5, 0.6) is 0 Å². The van der Waals surface area contributed by atoms with Gasteiger partial charge < -0.3 is 5.32 Å². The van der Waals surface area contributed by atoms with Crippen LogP contribution in [0.3, 0.4) is 0 Å². The van der Waals surface area contributed by atoms with E-state index in [-0.39, 0.29) is 6.04 Å². The molecule has 1 saturated carbocycles.